The van der Waals surface area contributed by atoms with Crippen LogP contribution in [-0.2, 0) is 11.3 Å². The number of non-ortho nitro benzene ring substituents is 1. The molecular formula is C13H14N4O3S. The summed E-state index contributed by atoms with van der Waals surface area (Å²) in [4.78, 5) is 24.5. The predicted octanol–water partition coefficient (Wildman–Crippen LogP) is 2.07. The van der Waals surface area contributed by atoms with Crippen LogP contribution in [0.15, 0.2) is 41.6 Å². The molecule has 0 saturated carbocycles. The minimum atomic E-state index is -0.446. The average molecular weight is 306 g/mol. The van der Waals surface area contributed by atoms with Crippen LogP contribution in [0, 0.1) is 10.1 Å². The normalized spacial score (nSPS) is 10.3. The fraction of sp³-hybridized carbons (Fsp3) is 0.231. The molecule has 0 aliphatic heterocycles. The van der Waals surface area contributed by atoms with Crippen LogP contribution in [0.2, 0.25) is 0 Å². The summed E-state index contributed by atoms with van der Waals surface area (Å²) >= 11 is 1.35. The summed E-state index contributed by atoms with van der Waals surface area (Å²) in [5.41, 5.74) is 0.980. The second-order valence-corrected chi connectivity index (χ2v) is 5.44. The number of rotatable bonds is 6. The number of nitrogens with zero attached hydrogens (tertiary/aromatic N) is 3. The molecule has 0 unspecified atom stereocenters. The Morgan fingerprint density at radius 1 is 1.43 bits per heavy atom. The Bertz CT molecular complexity index is 613. The van der Waals surface area contributed by atoms with Crippen molar-refractivity contribution in [3.05, 3.63) is 52.3 Å². The van der Waals surface area contributed by atoms with Gasteiger partial charge in [0.05, 0.1) is 16.9 Å². The summed E-state index contributed by atoms with van der Waals surface area (Å²) in [6.45, 7) is 0.496. The number of aromatic nitrogens is 2. The van der Waals surface area contributed by atoms with E-state index in [1.165, 1.54) is 23.9 Å². The van der Waals surface area contributed by atoms with Gasteiger partial charge in [-0.2, -0.15) is 5.10 Å². The SMILES string of the molecule is CN(Cc1cn[nH]c1)C(=O)CSc1ccc([N+](=O)[O-])cc1. The Labute approximate surface area is 125 Å². The molecule has 2 aromatic rings. The number of nitrogens with one attached hydrogen (secondary N) is 1. The number of aromatic amines is 1. The third-order valence-electron chi connectivity index (χ3n) is 2.81. The zero-order chi connectivity index (χ0) is 15.2. The number of nitro groups is 1. The molecule has 2 rings (SSSR count). The van der Waals surface area contributed by atoms with Crippen LogP contribution >= 0.6 is 11.8 Å². The van der Waals surface area contributed by atoms with E-state index in [1.807, 2.05) is 0 Å². The third kappa shape index (κ3) is 4.32. The number of nitro benzene ring substituents is 1. The van der Waals surface area contributed by atoms with Crippen molar-refractivity contribution < 1.29 is 9.72 Å². The monoisotopic (exact) mass is 306 g/mol. The highest BCUT2D eigenvalue weighted by Crippen LogP contribution is 2.21. The first-order valence-electron chi connectivity index (χ1n) is 6.15. The summed E-state index contributed by atoms with van der Waals surface area (Å²) in [7, 11) is 1.73. The number of hydrogen-bond acceptors (Lipinski definition) is 5. The molecule has 0 radical (unpaired) electrons. The lowest BCUT2D eigenvalue weighted by atomic mass is 10.3. The number of amides is 1. The first-order valence-corrected chi connectivity index (χ1v) is 7.13. The van der Waals surface area contributed by atoms with Gasteiger partial charge in [0.2, 0.25) is 5.91 Å². The van der Waals surface area contributed by atoms with E-state index in [0.29, 0.717) is 6.54 Å². The van der Waals surface area contributed by atoms with Gasteiger partial charge >= 0.3 is 0 Å². The van der Waals surface area contributed by atoms with Gasteiger partial charge in [-0.1, -0.05) is 0 Å². The smallest absolute Gasteiger partial charge is 0.269 e. The van der Waals surface area contributed by atoms with Crippen LogP contribution in [0.3, 0.4) is 0 Å². The van der Waals surface area contributed by atoms with E-state index in [9.17, 15) is 14.9 Å². The largest absolute Gasteiger partial charge is 0.341 e. The van der Waals surface area contributed by atoms with Crippen molar-refractivity contribution in [1.29, 1.82) is 0 Å². The van der Waals surface area contributed by atoms with Crippen LogP contribution in [-0.4, -0.2) is 38.7 Å². The number of thioether (sulfide) groups is 1. The maximum absolute atomic E-state index is 12.0. The zero-order valence-electron chi connectivity index (χ0n) is 11.4. The first-order chi connectivity index (χ1) is 10.1. The molecule has 21 heavy (non-hydrogen) atoms. The third-order valence-corrected chi connectivity index (χ3v) is 3.81. The minimum Gasteiger partial charge on any atom is -0.341 e. The molecule has 0 bridgehead atoms. The Morgan fingerprint density at radius 2 is 2.14 bits per heavy atom. The highest BCUT2D eigenvalue weighted by atomic mass is 32.2. The van der Waals surface area contributed by atoms with E-state index >= 15 is 0 Å². The maximum Gasteiger partial charge on any atom is 0.269 e. The fourth-order valence-corrected chi connectivity index (χ4v) is 2.48. The van der Waals surface area contributed by atoms with Gasteiger partial charge in [0, 0.05) is 42.4 Å². The molecule has 7 nitrogen and oxygen atoms in total. The van der Waals surface area contributed by atoms with Crippen LogP contribution < -0.4 is 0 Å². The zero-order valence-corrected chi connectivity index (χ0v) is 12.2. The molecular weight excluding hydrogens is 292 g/mol. The highest BCUT2D eigenvalue weighted by molar-refractivity contribution is 8.00. The van der Waals surface area contributed by atoms with E-state index in [-0.39, 0.29) is 17.3 Å². The Balaban J connectivity index is 1.84. The molecule has 0 fully saturated rings. The molecule has 0 spiro atoms. The molecule has 110 valence electrons. The standard InChI is InChI=1S/C13H14N4O3S/c1-16(8-10-6-14-15-7-10)13(18)9-21-12-4-2-11(3-5-12)17(19)20/h2-7H,8-9H2,1H3,(H,14,15). The first kappa shape index (κ1) is 15.0. The van der Waals surface area contributed by atoms with Crippen molar-refractivity contribution >= 4 is 23.4 Å². The van der Waals surface area contributed by atoms with E-state index in [1.54, 1.807) is 36.5 Å². The van der Waals surface area contributed by atoms with Crippen molar-refractivity contribution in [2.24, 2.45) is 0 Å². The molecule has 0 atom stereocenters. The van der Waals surface area contributed by atoms with Crippen molar-refractivity contribution in [2.75, 3.05) is 12.8 Å². The molecule has 1 N–H and O–H groups in total. The number of carbonyl (C=O) groups excluding carboxylic acids is 1. The summed E-state index contributed by atoms with van der Waals surface area (Å²) in [6.07, 6.45) is 3.42. The van der Waals surface area contributed by atoms with E-state index < -0.39 is 4.92 Å². The number of H-pyrrole nitrogens is 1. The Hall–Kier alpha value is -2.35. The van der Waals surface area contributed by atoms with E-state index in [4.69, 9.17) is 0 Å². The molecule has 0 aliphatic rings. The van der Waals surface area contributed by atoms with Crippen molar-refractivity contribution in [3.63, 3.8) is 0 Å². The van der Waals surface area contributed by atoms with Gasteiger partial charge in [0.25, 0.3) is 5.69 Å². The quantitative estimate of drug-likeness (QED) is 0.501. The van der Waals surface area contributed by atoms with Gasteiger partial charge < -0.3 is 4.90 Å². The summed E-state index contributed by atoms with van der Waals surface area (Å²) in [6, 6.07) is 6.16. The van der Waals surface area contributed by atoms with E-state index in [0.717, 1.165) is 10.5 Å². The second-order valence-electron chi connectivity index (χ2n) is 4.40. The van der Waals surface area contributed by atoms with Gasteiger partial charge in [-0.25, -0.2) is 0 Å². The van der Waals surface area contributed by atoms with Crippen LogP contribution in [0.4, 0.5) is 5.69 Å². The molecule has 8 heteroatoms. The van der Waals surface area contributed by atoms with Gasteiger partial charge in [0.1, 0.15) is 0 Å². The second kappa shape index (κ2) is 6.89. The number of carbonyl (C=O) groups is 1. The van der Waals surface area contributed by atoms with E-state index in [2.05, 4.69) is 10.2 Å². The summed E-state index contributed by atoms with van der Waals surface area (Å²) in [5, 5.41) is 17.1. The Morgan fingerprint density at radius 3 is 2.71 bits per heavy atom. The molecule has 1 amide bonds. The molecule has 1 aromatic carbocycles. The van der Waals surface area contributed by atoms with Gasteiger partial charge in [-0.05, 0) is 12.1 Å². The summed E-state index contributed by atoms with van der Waals surface area (Å²) in [5.74, 6) is 0.270. The lowest BCUT2D eigenvalue weighted by Crippen LogP contribution is -2.27. The summed E-state index contributed by atoms with van der Waals surface area (Å²) < 4.78 is 0. The Kier molecular flexibility index (Phi) is 4.94. The van der Waals surface area contributed by atoms with Gasteiger partial charge in [-0.3, -0.25) is 20.0 Å². The molecule has 1 aromatic heterocycles. The van der Waals surface area contributed by atoms with Gasteiger partial charge in [0.15, 0.2) is 0 Å². The average Bonchev–Trinajstić information content (AvgIpc) is 2.98. The van der Waals surface area contributed by atoms with Crippen molar-refractivity contribution in [2.45, 2.75) is 11.4 Å². The highest BCUT2D eigenvalue weighted by Gasteiger charge is 2.11. The molecule has 0 aliphatic carbocycles. The topological polar surface area (TPSA) is 92.1 Å². The van der Waals surface area contributed by atoms with Crippen LogP contribution in [0.5, 0.6) is 0 Å². The molecule has 1 heterocycles. The number of benzene rings is 1. The van der Waals surface area contributed by atoms with Gasteiger partial charge in [-0.15, -0.1) is 11.8 Å². The number of hydrogen-bond donors (Lipinski definition) is 1. The lowest BCUT2D eigenvalue weighted by molar-refractivity contribution is -0.384. The molecule has 0 saturated heterocycles. The predicted molar refractivity (Wildman–Crippen MR) is 78.9 cm³/mol. The fourth-order valence-electron chi connectivity index (χ4n) is 1.65. The van der Waals surface area contributed by atoms with Crippen molar-refractivity contribution in [3.8, 4) is 0 Å². The lowest BCUT2D eigenvalue weighted by Gasteiger charge is -2.15. The van der Waals surface area contributed by atoms with Crippen molar-refractivity contribution in [1.82, 2.24) is 15.1 Å². The van der Waals surface area contributed by atoms with Crippen LogP contribution in [0.1, 0.15) is 5.56 Å². The minimum absolute atomic E-state index is 0.0143. The van der Waals surface area contributed by atoms with Crippen LogP contribution in [0.25, 0.3) is 0 Å². The maximum atomic E-state index is 12.0.